The van der Waals surface area contributed by atoms with E-state index in [0.717, 1.165) is 12.8 Å². The van der Waals surface area contributed by atoms with Gasteiger partial charge in [0.05, 0.1) is 0 Å². The number of rotatable bonds is 0. The summed E-state index contributed by atoms with van der Waals surface area (Å²) in [7, 11) is 0. The van der Waals surface area contributed by atoms with Crippen LogP contribution >= 0.6 is 0 Å². The SMILES string of the molecule is C[C@H]1CC(=O)C[C@@H]2CCCC[C@]21C. The molecule has 0 aromatic rings. The Kier molecular flexibility index (Phi) is 2.21. The van der Waals surface area contributed by atoms with Crippen LogP contribution in [0.3, 0.4) is 0 Å². The Morgan fingerprint density at radius 1 is 1.31 bits per heavy atom. The van der Waals surface area contributed by atoms with Crippen LogP contribution in [0.5, 0.6) is 0 Å². The van der Waals surface area contributed by atoms with Crippen LogP contribution in [0.4, 0.5) is 0 Å². The van der Waals surface area contributed by atoms with Gasteiger partial charge in [0.15, 0.2) is 0 Å². The minimum absolute atomic E-state index is 0.492. The van der Waals surface area contributed by atoms with Gasteiger partial charge < -0.3 is 0 Å². The lowest BCUT2D eigenvalue weighted by Crippen LogP contribution is -2.42. The van der Waals surface area contributed by atoms with E-state index in [1.165, 1.54) is 25.7 Å². The van der Waals surface area contributed by atoms with Gasteiger partial charge in [-0.25, -0.2) is 0 Å². The summed E-state index contributed by atoms with van der Waals surface area (Å²) in [5.41, 5.74) is 0.492. The highest BCUT2D eigenvalue weighted by atomic mass is 16.1. The molecule has 1 nitrogen and oxygen atoms in total. The summed E-state index contributed by atoms with van der Waals surface area (Å²) in [4.78, 5) is 11.5. The summed E-state index contributed by atoms with van der Waals surface area (Å²) in [6.07, 6.45) is 7.10. The molecule has 74 valence electrons. The zero-order chi connectivity index (χ0) is 9.47. The molecule has 0 bridgehead atoms. The molecule has 0 aliphatic heterocycles. The first kappa shape index (κ1) is 9.23. The van der Waals surface area contributed by atoms with Crippen LogP contribution in [0.25, 0.3) is 0 Å². The standard InChI is InChI=1S/C12H20O/c1-9-7-11(13)8-10-5-3-4-6-12(9,10)2/h9-10H,3-8H2,1-2H3/t9-,10-,12-/m0/s1. The van der Waals surface area contributed by atoms with Gasteiger partial charge in [-0.2, -0.15) is 0 Å². The lowest BCUT2D eigenvalue weighted by Gasteiger charge is -2.48. The zero-order valence-electron chi connectivity index (χ0n) is 8.81. The van der Waals surface area contributed by atoms with Crippen molar-refractivity contribution in [3.8, 4) is 0 Å². The van der Waals surface area contributed by atoms with Crippen LogP contribution in [0.15, 0.2) is 0 Å². The molecule has 2 saturated carbocycles. The number of Topliss-reactive ketones (excluding diaryl/α,β-unsaturated/α-hetero) is 1. The van der Waals surface area contributed by atoms with E-state index in [9.17, 15) is 4.79 Å². The van der Waals surface area contributed by atoms with Gasteiger partial charge in [-0.1, -0.05) is 26.7 Å². The fourth-order valence-corrected chi connectivity index (χ4v) is 3.35. The number of carbonyl (C=O) groups excluding carboxylic acids is 1. The Morgan fingerprint density at radius 2 is 2.08 bits per heavy atom. The van der Waals surface area contributed by atoms with Crippen molar-refractivity contribution in [2.75, 3.05) is 0 Å². The van der Waals surface area contributed by atoms with Crippen LogP contribution in [-0.4, -0.2) is 5.78 Å². The van der Waals surface area contributed by atoms with Crippen LogP contribution in [0.1, 0.15) is 52.4 Å². The average molecular weight is 180 g/mol. The highest BCUT2D eigenvalue weighted by molar-refractivity contribution is 5.80. The van der Waals surface area contributed by atoms with Crippen molar-refractivity contribution in [1.82, 2.24) is 0 Å². The number of hydrogen-bond donors (Lipinski definition) is 0. The van der Waals surface area contributed by atoms with E-state index < -0.39 is 0 Å². The number of ketones is 1. The molecule has 0 saturated heterocycles. The topological polar surface area (TPSA) is 17.1 Å². The fourth-order valence-electron chi connectivity index (χ4n) is 3.35. The van der Waals surface area contributed by atoms with Crippen LogP contribution in [0.2, 0.25) is 0 Å². The van der Waals surface area contributed by atoms with Gasteiger partial charge in [-0.15, -0.1) is 0 Å². The Labute approximate surface area is 80.9 Å². The largest absolute Gasteiger partial charge is 0.300 e. The second-order valence-electron chi connectivity index (χ2n) is 5.30. The van der Waals surface area contributed by atoms with Crippen molar-refractivity contribution in [3.63, 3.8) is 0 Å². The molecule has 13 heavy (non-hydrogen) atoms. The third-order valence-electron chi connectivity index (χ3n) is 4.58. The van der Waals surface area contributed by atoms with E-state index in [1.54, 1.807) is 0 Å². The summed E-state index contributed by atoms with van der Waals surface area (Å²) >= 11 is 0. The van der Waals surface area contributed by atoms with Gasteiger partial charge in [0.1, 0.15) is 5.78 Å². The highest BCUT2D eigenvalue weighted by Gasteiger charge is 2.45. The maximum absolute atomic E-state index is 11.5. The molecular formula is C12H20O. The molecule has 0 heterocycles. The number of carbonyl (C=O) groups is 1. The van der Waals surface area contributed by atoms with Crippen molar-refractivity contribution >= 4 is 5.78 Å². The lowest BCUT2D eigenvalue weighted by atomic mass is 9.56. The van der Waals surface area contributed by atoms with Crippen molar-refractivity contribution < 1.29 is 4.79 Å². The van der Waals surface area contributed by atoms with E-state index in [1.807, 2.05) is 0 Å². The first-order valence-electron chi connectivity index (χ1n) is 5.64. The van der Waals surface area contributed by atoms with Crippen LogP contribution in [-0.2, 0) is 4.79 Å². The molecule has 1 heteroatoms. The molecule has 2 aliphatic carbocycles. The Hall–Kier alpha value is -0.330. The van der Waals surface area contributed by atoms with Gasteiger partial charge in [-0.3, -0.25) is 4.79 Å². The predicted molar refractivity (Wildman–Crippen MR) is 53.5 cm³/mol. The predicted octanol–water partition coefficient (Wildman–Crippen LogP) is 3.18. The summed E-state index contributed by atoms with van der Waals surface area (Å²) in [6, 6.07) is 0. The molecule has 2 fully saturated rings. The molecular weight excluding hydrogens is 160 g/mol. The lowest BCUT2D eigenvalue weighted by molar-refractivity contribution is -0.129. The van der Waals surface area contributed by atoms with Gasteiger partial charge in [0.25, 0.3) is 0 Å². The molecule has 2 aliphatic rings. The first-order valence-corrected chi connectivity index (χ1v) is 5.64. The smallest absolute Gasteiger partial charge is 0.133 e. The van der Waals surface area contributed by atoms with Crippen LogP contribution < -0.4 is 0 Å². The molecule has 2 rings (SSSR count). The molecule has 0 radical (unpaired) electrons. The van der Waals surface area contributed by atoms with E-state index in [0.29, 0.717) is 23.0 Å². The van der Waals surface area contributed by atoms with Gasteiger partial charge >= 0.3 is 0 Å². The zero-order valence-corrected chi connectivity index (χ0v) is 8.81. The van der Waals surface area contributed by atoms with Gasteiger partial charge in [0, 0.05) is 12.8 Å². The summed E-state index contributed by atoms with van der Waals surface area (Å²) in [5, 5.41) is 0. The Morgan fingerprint density at radius 3 is 2.85 bits per heavy atom. The van der Waals surface area contributed by atoms with Crippen molar-refractivity contribution in [1.29, 1.82) is 0 Å². The Balaban J connectivity index is 2.19. The van der Waals surface area contributed by atoms with Crippen molar-refractivity contribution in [2.24, 2.45) is 17.3 Å². The number of hydrogen-bond acceptors (Lipinski definition) is 1. The van der Waals surface area contributed by atoms with Gasteiger partial charge in [0.2, 0.25) is 0 Å². The quantitative estimate of drug-likeness (QED) is 0.559. The molecule has 0 aromatic carbocycles. The second-order valence-corrected chi connectivity index (χ2v) is 5.30. The minimum atomic E-state index is 0.492. The molecule has 0 unspecified atom stereocenters. The first-order chi connectivity index (χ1) is 6.13. The second kappa shape index (κ2) is 3.11. The molecule has 0 amide bonds. The van der Waals surface area contributed by atoms with Crippen molar-refractivity contribution in [2.45, 2.75) is 52.4 Å². The molecule has 0 N–H and O–H groups in total. The van der Waals surface area contributed by atoms with E-state index in [4.69, 9.17) is 0 Å². The maximum Gasteiger partial charge on any atom is 0.133 e. The van der Waals surface area contributed by atoms with E-state index in [2.05, 4.69) is 13.8 Å². The van der Waals surface area contributed by atoms with E-state index in [-0.39, 0.29) is 0 Å². The van der Waals surface area contributed by atoms with Crippen molar-refractivity contribution in [3.05, 3.63) is 0 Å². The molecule has 0 aromatic heterocycles. The van der Waals surface area contributed by atoms with E-state index >= 15 is 0 Å². The Bertz CT molecular complexity index is 221. The summed E-state index contributed by atoms with van der Waals surface area (Å²) in [5.74, 6) is 1.84. The summed E-state index contributed by atoms with van der Waals surface area (Å²) in [6.45, 7) is 4.68. The monoisotopic (exact) mass is 180 g/mol. The molecule has 0 spiro atoms. The van der Waals surface area contributed by atoms with Crippen LogP contribution in [0, 0.1) is 17.3 Å². The highest BCUT2D eigenvalue weighted by Crippen LogP contribution is 2.52. The third-order valence-corrected chi connectivity index (χ3v) is 4.58. The fraction of sp³-hybridized carbons (Fsp3) is 0.917. The minimum Gasteiger partial charge on any atom is -0.300 e. The average Bonchev–Trinajstić information content (AvgIpc) is 2.07. The normalized spacial score (nSPS) is 45.8. The van der Waals surface area contributed by atoms with Gasteiger partial charge in [-0.05, 0) is 30.1 Å². The maximum atomic E-state index is 11.5. The third kappa shape index (κ3) is 1.43. The number of fused-ring (bicyclic) bond motifs is 1. The molecule has 3 atom stereocenters. The summed E-state index contributed by atoms with van der Waals surface area (Å²) < 4.78 is 0.